The van der Waals surface area contributed by atoms with Gasteiger partial charge < -0.3 is 16.0 Å². The highest BCUT2D eigenvalue weighted by molar-refractivity contribution is 6.30. The van der Waals surface area contributed by atoms with E-state index >= 15 is 0 Å². The molecule has 0 unspecified atom stereocenters. The maximum absolute atomic E-state index is 12.2. The van der Waals surface area contributed by atoms with Gasteiger partial charge in [-0.1, -0.05) is 23.7 Å². The second-order valence-corrected chi connectivity index (χ2v) is 6.56. The van der Waals surface area contributed by atoms with E-state index < -0.39 is 0 Å². The molecule has 0 aliphatic heterocycles. The van der Waals surface area contributed by atoms with Crippen LogP contribution < -0.4 is 16.0 Å². The second-order valence-electron chi connectivity index (χ2n) is 6.12. The van der Waals surface area contributed by atoms with Crippen LogP contribution in [0.1, 0.15) is 22.8 Å². The normalized spacial score (nSPS) is 10.2. The zero-order valence-corrected chi connectivity index (χ0v) is 16.0. The molecule has 1 heterocycles. The predicted octanol–water partition coefficient (Wildman–Crippen LogP) is 4.37. The fourth-order valence-electron chi connectivity index (χ4n) is 2.48. The van der Waals surface area contributed by atoms with Gasteiger partial charge in [-0.2, -0.15) is 0 Å². The Bertz CT molecular complexity index is 955. The van der Waals surface area contributed by atoms with Gasteiger partial charge in [-0.05, 0) is 54.1 Å². The molecule has 0 fully saturated rings. The van der Waals surface area contributed by atoms with Crippen LogP contribution in [0.3, 0.4) is 0 Å². The van der Waals surface area contributed by atoms with Gasteiger partial charge in [-0.25, -0.2) is 4.98 Å². The lowest BCUT2D eigenvalue weighted by molar-refractivity contribution is -0.114. The summed E-state index contributed by atoms with van der Waals surface area (Å²) < 4.78 is 0. The number of hydrogen-bond donors (Lipinski definition) is 3. The summed E-state index contributed by atoms with van der Waals surface area (Å²) in [5.41, 5.74) is 2.98. The fraction of sp³-hybridized carbons (Fsp3) is 0.0952. The minimum atomic E-state index is -0.200. The maximum Gasteiger partial charge on any atom is 0.253 e. The molecule has 0 atom stereocenters. The Labute approximate surface area is 168 Å². The Balaban J connectivity index is 1.55. The number of nitrogens with one attached hydrogen (secondary N) is 3. The highest BCUT2D eigenvalue weighted by Crippen LogP contribution is 2.18. The predicted molar refractivity (Wildman–Crippen MR) is 111 cm³/mol. The van der Waals surface area contributed by atoms with Gasteiger partial charge >= 0.3 is 0 Å². The molecule has 0 aliphatic rings. The molecule has 142 valence electrons. The topological polar surface area (TPSA) is 83.1 Å². The van der Waals surface area contributed by atoms with Crippen molar-refractivity contribution >= 4 is 40.6 Å². The summed E-state index contributed by atoms with van der Waals surface area (Å²) in [6.07, 6.45) is 1.52. The second kappa shape index (κ2) is 9.01. The number of pyridine rings is 1. The first-order valence-corrected chi connectivity index (χ1v) is 9.01. The average Bonchev–Trinajstić information content (AvgIpc) is 2.69. The van der Waals surface area contributed by atoms with Crippen molar-refractivity contribution in [3.8, 4) is 0 Å². The summed E-state index contributed by atoms with van der Waals surface area (Å²) in [6.45, 7) is 1.87. The zero-order chi connectivity index (χ0) is 19.9. The van der Waals surface area contributed by atoms with Crippen LogP contribution >= 0.6 is 11.6 Å². The van der Waals surface area contributed by atoms with Crippen molar-refractivity contribution in [3.05, 3.63) is 83.0 Å². The van der Waals surface area contributed by atoms with Crippen LogP contribution in [0, 0.1) is 0 Å². The SMILES string of the molecule is CC(=O)Nc1ccc(Nc2ccc(C(=O)NCc3ccc(Cl)cc3)cn2)cc1. The number of anilines is 3. The Morgan fingerprint density at radius 1 is 0.929 bits per heavy atom. The number of nitrogens with zero attached hydrogens (tertiary/aromatic N) is 1. The van der Waals surface area contributed by atoms with Crippen LogP contribution in [0.4, 0.5) is 17.2 Å². The van der Waals surface area contributed by atoms with Crippen molar-refractivity contribution in [1.29, 1.82) is 0 Å². The summed E-state index contributed by atoms with van der Waals surface area (Å²) in [5, 5.41) is 9.36. The van der Waals surface area contributed by atoms with Gasteiger partial charge in [0.2, 0.25) is 5.91 Å². The van der Waals surface area contributed by atoms with Gasteiger partial charge in [0, 0.05) is 36.1 Å². The van der Waals surface area contributed by atoms with E-state index in [9.17, 15) is 9.59 Å². The lowest BCUT2D eigenvalue weighted by Crippen LogP contribution is -2.22. The van der Waals surface area contributed by atoms with E-state index in [1.165, 1.54) is 13.1 Å². The van der Waals surface area contributed by atoms with Crippen molar-refractivity contribution in [2.75, 3.05) is 10.6 Å². The molecule has 2 amide bonds. The van der Waals surface area contributed by atoms with Crippen LogP contribution in [-0.2, 0) is 11.3 Å². The number of carbonyl (C=O) groups is 2. The molecule has 0 bridgehead atoms. The molecule has 0 saturated heterocycles. The van der Waals surface area contributed by atoms with Crippen LogP contribution in [0.15, 0.2) is 66.9 Å². The van der Waals surface area contributed by atoms with Crippen molar-refractivity contribution < 1.29 is 9.59 Å². The molecule has 3 N–H and O–H groups in total. The van der Waals surface area contributed by atoms with Gasteiger partial charge in [-0.3, -0.25) is 9.59 Å². The minimum absolute atomic E-state index is 0.118. The van der Waals surface area contributed by atoms with Crippen LogP contribution in [0.25, 0.3) is 0 Å². The van der Waals surface area contributed by atoms with E-state index in [0.29, 0.717) is 22.9 Å². The molecule has 0 saturated carbocycles. The first-order chi connectivity index (χ1) is 13.5. The Morgan fingerprint density at radius 2 is 1.61 bits per heavy atom. The van der Waals surface area contributed by atoms with E-state index in [1.807, 2.05) is 24.3 Å². The molecule has 1 aromatic heterocycles. The minimum Gasteiger partial charge on any atom is -0.348 e. The van der Waals surface area contributed by atoms with Crippen molar-refractivity contribution in [3.63, 3.8) is 0 Å². The van der Waals surface area contributed by atoms with E-state index in [4.69, 9.17) is 11.6 Å². The Kier molecular flexibility index (Phi) is 6.24. The highest BCUT2D eigenvalue weighted by Gasteiger charge is 2.06. The van der Waals surface area contributed by atoms with Crippen molar-refractivity contribution in [2.24, 2.45) is 0 Å². The number of benzene rings is 2. The quantitative estimate of drug-likeness (QED) is 0.579. The van der Waals surface area contributed by atoms with E-state index in [1.54, 1.807) is 36.4 Å². The highest BCUT2D eigenvalue weighted by atomic mass is 35.5. The van der Waals surface area contributed by atoms with Gasteiger partial charge in [0.05, 0.1) is 5.56 Å². The Hall–Kier alpha value is -3.38. The van der Waals surface area contributed by atoms with E-state index in [-0.39, 0.29) is 11.8 Å². The molecule has 3 rings (SSSR count). The van der Waals surface area contributed by atoms with Gasteiger partial charge in [0.25, 0.3) is 5.91 Å². The molecule has 2 aromatic carbocycles. The zero-order valence-electron chi connectivity index (χ0n) is 15.2. The largest absolute Gasteiger partial charge is 0.348 e. The van der Waals surface area contributed by atoms with Gasteiger partial charge in [0.1, 0.15) is 5.82 Å². The lowest BCUT2D eigenvalue weighted by atomic mass is 10.2. The van der Waals surface area contributed by atoms with Gasteiger partial charge in [0.15, 0.2) is 0 Å². The third-order valence-corrected chi connectivity index (χ3v) is 4.12. The molecule has 0 radical (unpaired) electrons. The van der Waals surface area contributed by atoms with Gasteiger partial charge in [-0.15, -0.1) is 0 Å². The number of aromatic nitrogens is 1. The Morgan fingerprint density at radius 3 is 2.21 bits per heavy atom. The third-order valence-electron chi connectivity index (χ3n) is 3.87. The standard InChI is InChI=1S/C21H19ClN4O2/c1-14(27)25-18-7-9-19(10-8-18)26-20-11-4-16(13-23-20)21(28)24-12-15-2-5-17(22)6-3-15/h2-11,13H,12H2,1H3,(H,23,26)(H,24,28)(H,25,27). The smallest absolute Gasteiger partial charge is 0.253 e. The monoisotopic (exact) mass is 394 g/mol. The third kappa shape index (κ3) is 5.56. The number of amides is 2. The first kappa shape index (κ1) is 19.4. The molecule has 7 heteroatoms. The van der Waals surface area contributed by atoms with E-state index in [0.717, 1.165) is 16.9 Å². The molecule has 0 spiro atoms. The first-order valence-electron chi connectivity index (χ1n) is 8.63. The number of carbonyl (C=O) groups excluding carboxylic acids is 2. The molecule has 0 aliphatic carbocycles. The summed E-state index contributed by atoms with van der Waals surface area (Å²) in [7, 11) is 0. The molecule has 28 heavy (non-hydrogen) atoms. The van der Waals surface area contributed by atoms with Crippen LogP contribution in [0.2, 0.25) is 5.02 Å². The van der Waals surface area contributed by atoms with Crippen LogP contribution in [-0.4, -0.2) is 16.8 Å². The molecular weight excluding hydrogens is 376 g/mol. The summed E-state index contributed by atoms with van der Waals surface area (Å²) in [6, 6.07) is 18.0. The van der Waals surface area contributed by atoms with Crippen molar-refractivity contribution in [2.45, 2.75) is 13.5 Å². The van der Waals surface area contributed by atoms with E-state index in [2.05, 4.69) is 20.9 Å². The van der Waals surface area contributed by atoms with Crippen LogP contribution in [0.5, 0.6) is 0 Å². The number of halogens is 1. The molecule has 6 nitrogen and oxygen atoms in total. The molecular formula is C21H19ClN4O2. The average molecular weight is 395 g/mol. The molecule has 3 aromatic rings. The number of hydrogen-bond acceptors (Lipinski definition) is 4. The summed E-state index contributed by atoms with van der Waals surface area (Å²) >= 11 is 5.85. The maximum atomic E-state index is 12.2. The lowest BCUT2D eigenvalue weighted by Gasteiger charge is -2.09. The number of rotatable bonds is 6. The summed E-state index contributed by atoms with van der Waals surface area (Å²) in [4.78, 5) is 27.6. The van der Waals surface area contributed by atoms with Crippen molar-refractivity contribution in [1.82, 2.24) is 10.3 Å². The fourth-order valence-corrected chi connectivity index (χ4v) is 2.60. The summed E-state index contributed by atoms with van der Waals surface area (Å²) in [5.74, 6) is 0.294.